The molecule has 4 nitrogen and oxygen atoms in total. The summed E-state index contributed by atoms with van der Waals surface area (Å²) in [6, 6.07) is 10.0. The number of aromatic nitrogens is 1. The second-order valence-electron chi connectivity index (χ2n) is 5.94. The number of rotatable bonds is 8. The van der Waals surface area contributed by atoms with Gasteiger partial charge in [-0.3, -0.25) is 9.69 Å². The first-order valence-corrected chi connectivity index (χ1v) is 11.2. The van der Waals surface area contributed by atoms with Gasteiger partial charge in [0.15, 0.2) is 5.13 Å². The lowest BCUT2D eigenvalue weighted by Crippen LogP contribution is -2.39. The Kier molecular flexibility index (Phi) is 8.69. The van der Waals surface area contributed by atoms with Crippen LogP contribution in [0, 0.1) is 0 Å². The fraction of sp³-hybridized carbons (Fsp3) is 0.368. The maximum atomic E-state index is 13.0. The average Bonchev–Trinajstić information content (AvgIpc) is 3.27. The summed E-state index contributed by atoms with van der Waals surface area (Å²) in [7, 11) is 0. The quantitative estimate of drug-likeness (QED) is 0.422. The predicted molar refractivity (Wildman–Crippen MR) is 123 cm³/mol. The second-order valence-corrected chi connectivity index (χ2v) is 8.89. The number of amides is 1. The van der Waals surface area contributed by atoms with E-state index < -0.39 is 0 Å². The molecule has 0 aliphatic heterocycles. The van der Waals surface area contributed by atoms with Gasteiger partial charge in [-0.05, 0) is 42.7 Å². The number of nitrogens with zero attached hydrogens (tertiary/aromatic N) is 3. The van der Waals surface area contributed by atoms with Gasteiger partial charge in [0.1, 0.15) is 0 Å². The maximum Gasteiger partial charge on any atom is 0.234 e. The van der Waals surface area contributed by atoms with E-state index in [2.05, 4.69) is 40.7 Å². The largest absolute Gasteiger partial charge is 0.302 e. The van der Waals surface area contributed by atoms with Crippen LogP contribution >= 0.6 is 51.0 Å². The van der Waals surface area contributed by atoms with Crippen molar-refractivity contribution in [3.63, 3.8) is 0 Å². The van der Waals surface area contributed by atoms with Crippen LogP contribution in [-0.4, -0.2) is 42.0 Å². The second kappa shape index (κ2) is 10.5. The molecule has 0 spiro atoms. The highest BCUT2D eigenvalue weighted by Gasteiger charge is 2.21. The molecule has 0 aliphatic carbocycles. The summed E-state index contributed by atoms with van der Waals surface area (Å²) in [4.78, 5) is 23.0. The molecule has 0 atom stereocenters. The molecular formula is C19H23BrClN3OS2. The monoisotopic (exact) mass is 487 g/mol. The lowest BCUT2D eigenvalue weighted by Gasteiger charge is -2.24. The number of thiazole rings is 1. The molecule has 0 N–H and O–H groups in total. The zero-order valence-electron chi connectivity index (χ0n) is 15.4. The van der Waals surface area contributed by atoms with E-state index in [4.69, 9.17) is 4.98 Å². The molecule has 8 heteroatoms. The molecular weight excluding hydrogens is 466 g/mol. The summed E-state index contributed by atoms with van der Waals surface area (Å²) in [5, 5.41) is 2.80. The summed E-state index contributed by atoms with van der Waals surface area (Å²) in [6.07, 6.45) is 0.426. The molecule has 2 aromatic heterocycles. The Balaban J connectivity index is 0.00000261. The highest BCUT2D eigenvalue weighted by molar-refractivity contribution is 9.10. The number of benzene rings is 1. The Labute approximate surface area is 182 Å². The highest BCUT2D eigenvalue weighted by Crippen LogP contribution is 2.31. The first-order chi connectivity index (χ1) is 12.6. The lowest BCUT2D eigenvalue weighted by molar-refractivity contribution is -0.118. The zero-order chi connectivity index (χ0) is 18.5. The van der Waals surface area contributed by atoms with Crippen molar-refractivity contribution in [3.8, 4) is 0 Å². The first kappa shape index (κ1) is 22.3. The summed E-state index contributed by atoms with van der Waals surface area (Å²) in [5.74, 6) is 0.109. The third kappa shape index (κ3) is 5.74. The molecule has 146 valence electrons. The molecule has 3 rings (SSSR count). The van der Waals surface area contributed by atoms with Gasteiger partial charge in [0.2, 0.25) is 5.91 Å². The normalized spacial score (nSPS) is 11.0. The van der Waals surface area contributed by atoms with E-state index >= 15 is 0 Å². The minimum absolute atomic E-state index is 0. The van der Waals surface area contributed by atoms with E-state index in [1.165, 1.54) is 0 Å². The Hall–Kier alpha value is -0.990. The van der Waals surface area contributed by atoms with Gasteiger partial charge in [0.05, 0.1) is 16.6 Å². The van der Waals surface area contributed by atoms with E-state index in [9.17, 15) is 4.79 Å². The van der Waals surface area contributed by atoms with Crippen LogP contribution in [0.1, 0.15) is 18.7 Å². The fourth-order valence-corrected chi connectivity index (χ4v) is 5.02. The van der Waals surface area contributed by atoms with E-state index in [-0.39, 0.29) is 18.3 Å². The number of hydrogen-bond donors (Lipinski definition) is 0. The van der Waals surface area contributed by atoms with Crippen molar-refractivity contribution < 1.29 is 4.79 Å². The van der Waals surface area contributed by atoms with Crippen molar-refractivity contribution in [2.45, 2.75) is 20.3 Å². The number of thiophene rings is 1. The number of carbonyl (C=O) groups is 1. The Morgan fingerprint density at radius 3 is 2.63 bits per heavy atom. The minimum atomic E-state index is 0. The molecule has 0 saturated heterocycles. The minimum Gasteiger partial charge on any atom is -0.302 e. The van der Waals surface area contributed by atoms with Crippen LogP contribution in [0.15, 0.2) is 40.2 Å². The highest BCUT2D eigenvalue weighted by atomic mass is 79.9. The van der Waals surface area contributed by atoms with Crippen LogP contribution in [0.4, 0.5) is 5.13 Å². The van der Waals surface area contributed by atoms with Crippen molar-refractivity contribution >= 4 is 72.3 Å². The molecule has 0 saturated carbocycles. The molecule has 3 aromatic rings. The molecule has 0 fully saturated rings. The smallest absolute Gasteiger partial charge is 0.234 e. The molecule has 0 aliphatic rings. The van der Waals surface area contributed by atoms with Gasteiger partial charge >= 0.3 is 0 Å². The number of hydrogen-bond acceptors (Lipinski definition) is 5. The predicted octanol–water partition coefficient (Wildman–Crippen LogP) is 5.46. The number of anilines is 1. The summed E-state index contributed by atoms with van der Waals surface area (Å²) < 4.78 is 2.12. The Morgan fingerprint density at radius 1 is 1.19 bits per heavy atom. The standard InChI is InChI=1S/C19H22BrN3OS2.ClH/c1-3-22(4-2)9-10-23(18(24)13-15-6-5-11-25-15)19-21-16-8-7-14(20)12-17(16)26-19;/h5-8,11-12H,3-4,9-10,13H2,1-2H3;1H. The van der Waals surface area contributed by atoms with E-state index in [1.807, 2.05) is 34.5 Å². The van der Waals surface area contributed by atoms with Crippen LogP contribution < -0.4 is 4.90 Å². The summed E-state index contributed by atoms with van der Waals surface area (Å²) >= 11 is 6.71. The number of halogens is 2. The average molecular weight is 489 g/mol. The summed E-state index contributed by atoms with van der Waals surface area (Å²) in [5.41, 5.74) is 0.935. The van der Waals surface area contributed by atoms with Gasteiger partial charge in [-0.1, -0.05) is 47.2 Å². The molecule has 0 bridgehead atoms. The summed E-state index contributed by atoms with van der Waals surface area (Å²) in [6.45, 7) is 7.77. The fourth-order valence-electron chi connectivity index (χ4n) is 2.77. The number of fused-ring (bicyclic) bond motifs is 1. The van der Waals surface area contributed by atoms with Gasteiger partial charge in [0.25, 0.3) is 0 Å². The third-order valence-electron chi connectivity index (χ3n) is 4.31. The molecule has 1 aromatic carbocycles. The molecule has 0 unspecified atom stereocenters. The Morgan fingerprint density at radius 2 is 1.96 bits per heavy atom. The van der Waals surface area contributed by atoms with Crippen LogP contribution in [0.3, 0.4) is 0 Å². The van der Waals surface area contributed by atoms with Crippen molar-refractivity contribution in [1.82, 2.24) is 9.88 Å². The number of carbonyl (C=O) groups excluding carboxylic acids is 1. The Bertz CT molecular complexity index is 865. The van der Waals surface area contributed by atoms with Crippen LogP contribution in [-0.2, 0) is 11.2 Å². The van der Waals surface area contributed by atoms with Crippen molar-refractivity contribution in [2.24, 2.45) is 0 Å². The molecule has 27 heavy (non-hydrogen) atoms. The van der Waals surface area contributed by atoms with E-state index in [0.29, 0.717) is 13.0 Å². The SMILES string of the molecule is CCN(CC)CCN(C(=O)Cc1cccs1)c1nc2ccc(Br)cc2s1.Cl. The van der Waals surface area contributed by atoms with Crippen molar-refractivity contribution in [2.75, 3.05) is 31.1 Å². The van der Waals surface area contributed by atoms with Crippen LogP contribution in [0.2, 0.25) is 0 Å². The maximum absolute atomic E-state index is 13.0. The van der Waals surface area contributed by atoms with Crippen molar-refractivity contribution in [3.05, 3.63) is 45.1 Å². The molecule has 2 heterocycles. The van der Waals surface area contributed by atoms with E-state index in [1.54, 1.807) is 22.7 Å². The van der Waals surface area contributed by atoms with Gasteiger partial charge < -0.3 is 4.90 Å². The first-order valence-electron chi connectivity index (χ1n) is 8.72. The molecule has 1 amide bonds. The van der Waals surface area contributed by atoms with E-state index in [0.717, 1.165) is 44.3 Å². The lowest BCUT2D eigenvalue weighted by atomic mass is 10.3. The van der Waals surface area contributed by atoms with Crippen LogP contribution in [0.25, 0.3) is 10.2 Å². The van der Waals surface area contributed by atoms with Crippen LogP contribution in [0.5, 0.6) is 0 Å². The third-order valence-corrected chi connectivity index (χ3v) is 6.72. The van der Waals surface area contributed by atoms with Crippen molar-refractivity contribution in [1.29, 1.82) is 0 Å². The topological polar surface area (TPSA) is 36.4 Å². The van der Waals surface area contributed by atoms with Gasteiger partial charge in [-0.2, -0.15) is 0 Å². The number of likely N-dealkylation sites (N-methyl/N-ethyl adjacent to an activating group) is 1. The van der Waals surface area contributed by atoms with Gasteiger partial charge in [0, 0.05) is 22.4 Å². The van der Waals surface area contributed by atoms with Gasteiger partial charge in [-0.15, -0.1) is 23.7 Å². The molecule has 0 radical (unpaired) electrons. The zero-order valence-corrected chi connectivity index (χ0v) is 19.4. The van der Waals surface area contributed by atoms with Gasteiger partial charge in [-0.25, -0.2) is 4.98 Å².